The molecule has 1 aromatic carbocycles. The molecule has 0 fully saturated rings. The summed E-state index contributed by atoms with van der Waals surface area (Å²) in [6.07, 6.45) is 0.982. The van der Waals surface area contributed by atoms with Crippen molar-refractivity contribution in [2.24, 2.45) is 0 Å². The Morgan fingerprint density at radius 3 is 2.66 bits per heavy atom. The molecule has 0 aliphatic carbocycles. The Bertz CT molecular complexity index is 1240. The van der Waals surface area contributed by atoms with Crippen LogP contribution in [0.4, 0.5) is 5.69 Å². The third kappa shape index (κ3) is 5.02. The lowest BCUT2D eigenvalue weighted by Gasteiger charge is -2.09. The molecule has 10 heteroatoms. The molecule has 168 valence electrons. The van der Waals surface area contributed by atoms with Crippen LogP contribution in [0.3, 0.4) is 0 Å². The largest absolute Gasteiger partial charge is 0.462 e. The van der Waals surface area contributed by atoms with E-state index in [1.807, 2.05) is 0 Å². The zero-order valence-corrected chi connectivity index (χ0v) is 18.9. The number of rotatable bonds is 7. The van der Waals surface area contributed by atoms with Crippen molar-refractivity contribution in [2.75, 3.05) is 11.9 Å². The summed E-state index contributed by atoms with van der Waals surface area (Å²) in [6, 6.07) is 6.32. The van der Waals surface area contributed by atoms with Gasteiger partial charge in [-0.2, -0.15) is 0 Å². The number of hydrogen-bond donors (Lipinski definition) is 1. The second-order valence-corrected chi connectivity index (χ2v) is 8.22. The molecular formula is C22H23N3O6S. The maximum atomic E-state index is 12.9. The molecule has 1 N–H and O–H groups in total. The Kier molecular flexibility index (Phi) is 7.04. The lowest BCUT2D eigenvalue weighted by atomic mass is 10.2. The Labute approximate surface area is 188 Å². The van der Waals surface area contributed by atoms with Gasteiger partial charge in [-0.15, -0.1) is 11.3 Å². The summed E-state index contributed by atoms with van der Waals surface area (Å²) >= 11 is 1.08. The van der Waals surface area contributed by atoms with Crippen molar-refractivity contribution >= 4 is 45.1 Å². The second kappa shape index (κ2) is 9.73. The first-order chi connectivity index (χ1) is 15.2. The summed E-state index contributed by atoms with van der Waals surface area (Å²) in [4.78, 5) is 54.6. The zero-order chi connectivity index (χ0) is 23.4. The molecule has 3 rings (SSSR count). The fraction of sp³-hybridized carbons (Fsp3) is 0.318. The molecule has 1 amide bonds. The van der Waals surface area contributed by atoms with Gasteiger partial charge in [0.2, 0.25) is 5.91 Å². The maximum absolute atomic E-state index is 12.9. The number of nitrogens with one attached hydrogen (secondary N) is 1. The van der Waals surface area contributed by atoms with Crippen molar-refractivity contribution in [3.05, 3.63) is 57.0 Å². The van der Waals surface area contributed by atoms with Crippen LogP contribution < -0.4 is 10.9 Å². The number of fused-ring (bicyclic) bond motifs is 1. The van der Waals surface area contributed by atoms with Crippen LogP contribution in [0.15, 0.2) is 35.4 Å². The van der Waals surface area contributed by atoms with Crippen LogP contribution in [0.25, 0.3) is 10.2 Å². The Balaban J connectivity index is 1.81. The Morgan fingerprint density at radius 2 is 1.97 bits per heavy atom. The molecule has 2 aromatic heterocycles. The summed E-state index contributed by atoms with van der Waals surface area (Å²) < 4.78 is 11.4. The molecule has 3 aromatic rings. The van der Waals surface area contributed by atoms with E-state index in [0.717, 1.165) is 11.3 Å². The molecular weight excluding hydrogens is 434 g/mol. The van der Waals surface area contributed by atoms with Crippen molar-refractivity contribution < 1.29 is 23.9 Å². The SMILES string of the molecule is CCOC(=O)c1cccc(NC(=O)Cn2cnc3sc(C(=O)OC(C)C)c(C)c3c2=O)c1. The van der Waals surface area contributed by atoms with Gasteiger partial charge in [0.05, 0.1) is 30.0 Å². The minimum Gasteiger partial charge on any atom is -0.462 e. The first-order valence-corrected chi connectivity index (χ1v) is 10.8. The van der Waals surface area contributed by atoms with Crippen molar-refractivity contribution in [1.29, 1.82) is 0 Å². The van der Waals surface area contributed by atoms with Gasteiger partial charge in [-0.05, 0) is 51.5 Å². The number of ether oxygens (including phenoxy) is 2. The van der Waals surface area contributed by atoms with Gasteiger partial charge in [-0.3, -0.25) is 14.2 Å². The van der Waals surface area contributed by atoms with Gasteiger partial charge >= 0.3 is 11.9 Å². The van der Waals surface area contributed by atoms with Gasteiger partial charge in [0.15, 0.2) is 0 Å². The number of benzene rings is 1. The van der Waals surface area contributed by atoms with Gasteiger partial charge in [0.25, 0.3) is 5.56 Å². The average Bonchev–Trinajstić information content (AvgIpc) is 3.07. The number of esters is 2. The van der Waals surface area contributed by atoms with Crippen molar-refractivity contribution in [3.8, 4) is 0 Å². The number of aromatic nitrogens is 2. The summed E-state index contributed by atoms with van der Waals surface area (Å²) in [6.45, 7) is 6.81. The highest BCUT2D eigenvalue weighted by molar-refractivity contribution is 7.20. The molecule has 9 nitrogen and oxygen atoms in total. The molecule has 0 aliphatic rings. The quantitative estimate of drug-likeness (QED) is 0.542. The predicted molar refractivity (Wildman–Crippen MR) is 120 cm³/mol. The van der Waals surface area contributed by atoms with E-state index in [9.17, 15) is 19.2 Å². The van der Waals surface area contributed by atoms with E-state index in [2.05, 4.69) is 10.3 Å². The first kappa shape index (κ1) is 23.1. The number of hydrogen-bond acceptors (Lipinski definition) is 8. The second-order valence-electron chi connectivity index (χ2n) is 7.22. The lowest BCUT2D eigenvalue weighted by Crippen LogP contribution is -2.28. The molecule has 0 radical (unpaired) electrons. The van der Waals surface area contributed by atoms with E-state index in [1.165, 1.54) is 17.0 Å². The molecule has 0 unspecified atom stereocenters. The highest BCUT2D eigenvalue weighted by Crippen LogP contribution is 2.27. The first-order valence-electron chi connectivity index (χ1n) is 9.97. The van der Waals surface area contributed by atoms with Crippen LogP contribution in [-0.2, 0) is 20.8 Å². The number of amides is 1. The van der Waals surface area contributed by atoms with Crippen molar-refractivity contribution in [2.45, 2.75) is 40.3 Å². The number of nitrogens with zero attached hydrogens (tertiary/aromatic N) is 2. The number of thiophene rings is 1. The van der Waals surface area contributed by atoms with E-state index >= 15 is 0 Å². The minimum absolute atomic E-state index is 0.243. The van der Waals surface area contributed by atoms with Crippen LogP contribution in [0.5, 0.6) is 0 Å². The number of aryl methyl sites for hydroxylation is 1. The number of carbonyl (C=O) groups is 3. The van der Waals surface area contributed by atoms with E-state index < -0.39 is 23.4 Å². The third-order valence-corrected chi connectivity index (χ3v) is 5.60. The Hall–Kier alpha value is -3.53. The third-order valence-electron chi connectivity index (χ3n) is 4.42. The van der Waals surface area contributed by atoms with E-state index in [-0.39, 0.29) is 24.6 Å². The molecule has 2 heterocycles. The Morgan fingerprint density at radius 1 is 1.22 bits per heavy atom. The van der Waals surface area contributed by atoms with E-state index in [1.54, 1.807) is 45.9 Å². The fourth-order valence-electron chi connectivity index (χ4n) is 3.03. The highest BCUT2D eigenvalue weighted by Gasteiger charge is 2.21. The standard InChI is InChI=1S/C22H23N3O6S/c1-5-30-21(28)14-7-6-8-15(9-14)24-16(26)10-25-11-23-19-17(20(25)27)13(4)18(32-19)22(29)31-12(2)3/h6-9,11-12H,5,10H2,1-4H3,(H,24,26). The molecule has 0 atom stereocenters. The molecule has 0 saturated carbocycles. The van der Waals surface area contributed by atoms with E-state index in [4.69, 9.17) is 9.47 Å². The van der Waals surface area contributed by atoms with Gasteiger partial charge < -0.3 is 14.8 Å². The normalized spacial score (nSPS) is 10.9. The highest BCUT2D eigenvalue weighted by atomic mass is 32.1. The van der Waals surface area contributed by atoms with Gasteiger partial charge in [0, 0.05) is 5.69 Å². The van der Waals surface area contributed by atoms with Crippen LogP contribution in [-0.4, -0.2) is 40.1 Å². The van der Waals surface area contributed by atoms with Crippen LogP contribution in [0.2, 0.25) is 0 Å². The summed E-state index contributed by atoms with van der Waals surface area (Å²) in [7, 11) is 0. The zero-order valence-electron chi connectivity index (χ0n) is 18.1. The molecule has 0 saturated heterocycles. The molecule has 0 bridgehead atoms. The monoisotopic (exact) mass is 457 g/mol. The minimum atomic E-state index is -0.509. The smallest absolute Gasteiger partial charge is 0.348 e. The van der Waals surface area contributed by atoms with Crippen LogP contribution >= 0.6 is 11.3 Å². The summed E-state index contributed by atoms with van der Waals surface area (Å²) in [5, 5.41) is 2.94. The van der Waals surface area contributed by atoms with Gasteiger partial charge in [-0.1, -0.05) is 6.07 Å². The topological polar surface area (TPSA) is 117 Å². The maximum Gasteiger partial charge on any atom is 0.348 e. The summed E-state index contributed by atoms with van der Waals surface area (Å²) in [5.74, 6) is -1.47. The molecule has 0 aliphatic heterocycles. The van der Waals surface area contributed by atoms with Crippen LogP contribution in [0, 0.1) is 6.92 Å². The van der Waals surface area contributed by atoms with Crippen LogP contribution in [0.1, 0.15) is 46.4 Å². The number of anilines is 1. The van der Waals surface area contributed by atoms with Gasteiger partial charge in [-0.25, -0.2) is 14.6 Å². The summed E-state index contributed by atoms with van der Waals surface area (Å²) in [5.41, 5.74) is 0.750. The van der Waals surface area contributed by atoms with Gasteiger partial charge in [0.1, 0.15) is 16.3 Å². The van der Waals surface area contributed by atoms with E-state index in [0.29, 0.717) is 26.5 Å². The molecule has 32 heavy (non-hydrogen) atoms. The van der Waals surface area contributed by atoms with Crippen molar-refractivity contribution in [3.63, 3.8) is 0 Å². The predicted octanol–water partition coefficient (Wildman–Crippen LogP) is 3.15. The molecule has 0 spiro atoms. The fourth-order valence-corrected chi connectivity index (χ4v) is 4.05. The number of carbonyl (C=O) groups excluding carboxylic acids is 3. The van der Waals surface area contributed by atoms with Crippen molar-refractivity contribution in [1.82, 2.24) is 9.55 Å². The average molecular weight is 458 g/mol. The lowest BCUT2D eigenvalue weighted by molar-refractivity contribution is -0.116.